The van der Waals surface area contributed by atoms with Gasteiger partial charge in [-0.25, -0.2) is 4.98 Å². The van der Waals surface area contributed by atoms with Crippen molar-refractivity contribution in [2.45, 2.75) is 39.7 Å². The quantitative estimate of drug-likeness (QED) is 0.637. The van der Waals surface area contributed by atoms with E-state index in [1.165, 1.54) is 0 Å². The number of aryl methyl sites for hydroxylation is 1. The fourth-order valence-electron chi connectivity index (χ4n) is 2.91. The Morgan fingerprint density at radius 2 is 1.76 bits per heavy atom. The molecule has 0 atom stereocenters. The molecule has 3 rings (SSSR count). The Hall–Kier alpha value is -2.23. The number of hydrogen-bond acceptors (Lipinski definition) is 3. The van der Waals surface area contributed by atoms with Crippen LogP contribution in [0.3, 0.4) is 0 Å². The summed E-state index contributed by atoms with van der Waals surface area (Å²) in [7, 11) is 0. The van der Waals surface area contributed by atoms with Gasteiger partial charge in [0.15, 0.2) is 0 Å². The average Bonchev–Trinajstić information content (AvgIpc) is 2.82. The fourth-order valence-corrected chi connectivity index (χ4v) is 2.91. The van der Waals surface area contributed by atoms with Gasteiger partial charge in [0, 0.05) is 17.7 Å². The Balaban J connectivity index is 2.15. The summed E-state index contributed by atoms with van der Waals surface area (Å²) >= 11 is 0. The zero-order valence-corrected chi connectivity index (χ0v) is 12.3. The van der Waals surface area contributed by atoms with Crippen LogP contribution in [0.15, 0.2) is 24.3 Å². The van der Waals surface area contributed by atoms with Gasteiger partial charge in [-0.15, -0.1) is 0 Å². The standard InChI is InChI=1S/C17H18N2O2/c1-3-4-7-10-19-11(2)18-14-15(19)12-8-5-6-9-13(12)16(20)17(14)21/h5-6,8-9H,3-4,7,10H2,1-2H3. The molecule has 0 N–H and O–H groups in total. The number of Topliss-reactive ketones (excluding diaryl/α,β-unsaturated/α-hetero) is 2. The van der Waals surface area contributed by atoms with E-state index in [-0.39, 0.29) is 0 Å². The number of benzene rings is 1. The fraction of sp³-hybridized carbons (Fsp3) is 0.353. The normalized spacial score (nSPS) is 13.2. The molecule has 1 aromatic carbocycles. The second-order valence-electron chi connectivity index (χ2n) is 5.42. The van der Waals surface area contributed by atoms with Crippen LogP contribution in [0.2, 0.25) is 0 Å². The molecule has 0 saturated heterocycles. The molecule has 0 bridgehead atoms. The monoisotopic (exact) mass is 282 g/mol. The lowest BCUT2D eigenvalue weighted by Gasteiger charge is -2.17. The number of carbonyl (C=O) groups is 2. The summed E-state index contributed by atoms with van der Waals surface area (Å²) in [5.41, 5.74) is 2.44. The first-order valence-corrected chi connectivity index (χ1v) is 7.40. The van der Waals surface area contributed by atoms with Gasteiger partial charge in [0.25, 0.3) is 5.78 Å². The van der Waals surface area contributed by atoms with E-state index in [1.54, 1.807) is 12.1 Å². The van der Waals surface area contributed by atoms with Crippen molar-refractivity contribution in [2.75, 3.05) is 0 Å². The average molecular weight is 282 g/mol. The molecule has 0 radical (unpaired) electrons. The van der Waals surface area contributed by atoms with Crippen molar-refractivity contribution < 1.29 is 9.59 Å². The molecule has 0 saturated carbocycles. The van der Waals surface area contributed by atoms with Crippen LogP contribution in [-0.2, 0) is 6.54 Å². The van der Waals surface area contributed by atoms with Crippen molar-refractivity contribution in [3.63, 3.8) is 0 Å². The highest BCUT2D eigenvalue weighted by Crippen LogP contribution is 2.34. The first-order chi connectivity index (χ1) is 10.1. The molecule has 0 unspecified atom stereocenters. The molecule has 0 aliphatic heterocycles. The Labute approximate surface area is 123 Å². The molecule has 1 heterocycles. The first kappa shape index (κ1) is 13.7. The maximum Gasteiger partial charge on any atom is 0.254 e. The molecule has 1 aliphatic rings. The predicted octanol–water partition coefficient (Wildman–Crippen LogP) is 3.43. The SMILES string of the molecule is CCCCCn1c(C)nc2c1-c1ccccc1C(=O)C2=O. The van der Waals surface area contributed by atoms with Gasteiger partial charge in [-0.1, -0.05) is 44.0 Å². The van der Waals surface area contributed by atoms with E-state index in [0.29, 0.717) is 11.3 Å². The molecule has 4 nitrogen and oxygen atoms in total. The molecule has 108 valence electrons. The maximum atomic E-state index is 12.2. The second-order valence-corrected chi connectivity index (χ2v) is 5.42. The van der Waals surface area contributed by atoms with Crippen molar-refractivity contribution in [2.24, 2.45) is 0 Å². The Morgan fingerprint density at radius 1 is 1.05 bits per heavy atom. The number of carbonyl (C=O) groups excluding carboxylic acids is 2. The van der Waals surface area contributed by atoms with Crippen molar-refractivity contribution in [1.82, 2.24) is 9.55 Å². The number of ketones is 2. The van der Waals surface area contributed by atoms with Crippen LogP contribution in [0.1, 0.15) is 52.9 Å². The van der Waals surface area contributed by atoms with E-state index in [0.717, 1.165) is 42.9 Å². The molecule has 21 heavy (non-hydrogen) atoms. The van der Waals surface area contributed by atoms with E-state index >= 15 is 0 Å². The summed E-state index contributed by atoms with van der Waals surface area (Å²) < 4.78 is 2.08. The molecule has 0 fully saturated rings. The minimum Gasteiger partial charge on any atom is -0.328 e. The Bertz CT molecular complexity index is 728. The molecule has 2 aromatic rings. The predicted molar refractivity (Wildman–Crippen MR) is 80.6 cm³/mol. The largest absolute Gasteiger partial charge is 0.328 e. The van der Waals surface area contributed by atoms with Crippen molar-refractivity contribution in [3.8, 4) is 11.3 Å². The number of nitrogens with zero attached hydrogens (tertiary/aromatic N) is 2. The van der Waals surface area contributed by atoms with Gasteiger partial charge in [-0.2, -0.15) is 0 Å². The zero-order valence-electron chi connectivity index (χ0n) is 12.3. The van der Waals surface area contributed by atoms with Gasteiger partial charge in [-0.05, 0) is 13.3 Å². The van der Waals surface area contributed by atoms with Gasteiger partial charge in [0.1, 0.15) is 11.5 Å². The van der Waals surface area contributed by atoms with Gasteiger partial charge in [0.05, 0.1) is 5.69 Å². The lowest BCUT2D eigenvalue weighted by molar-refractivity contribution is 0.0812. The van der Waals surface area contributed by atoms with Gasteiger partial charge in [0.2, 0.25) is 5.78 Å². The van der Waals surface area contributed by atoms with Gasteiger partial charge >= 0.3 is 0 Å². The lowest BCUT2D eigenvalue weighted by Crippen LogP contribution is -2.22. The van der Waals surface area contributed by atoms with E-state index < -0.39 is 11.6 Å². The molecule has 1 aliphatic carbocycles. The summed E-state index contributed by atoms with van der Waals surface area (Å²) in [5.74, 6) is -0.133. The summed E-state index contributed by atoms with van der Waals surface area (Å²) in [5, 5.41) is 0. The molecule has 1 aromatic heterocycles. The topological polar surface area (TPSA) is 52.0 Å². The van der Waals surface area contributed by atoms with Gasteiger partial charge < -0.3 is 4.57 Å². The van der Waals surface area contributed by atoms with Crippen molar-refractivity contribution in [3.05, 3.63) is 41.3 Å². The van der Waals surface area contributed by atoms with Crippen LogP contribution in [0.4, 0.5) is 0 Å². The highest BCUT2D eigenvalue weighted by atomic mass is 16.2. The summed E-state index contributed by atoms with van der Waals surface area (Å²) in [6.07, 6.45) is 3.33. The molecule has 4 heteroatoms. The van der Waals surface area contributed by atoms with Crippen LogP contribution >= 0.6 is 0 Å². The Morgan fingerprint density at radius 3 is 2.48 bits per heavy atom. The number of hydrogen-bond donors (Lipinski definition) is 0. The van der Waals surface area contributed by atoms with E-state index in [4.69, 9.17) is 0 Å². The Kier molecular flexibility index (Phi) is 3.45. The zero-order chi connectivity index (χ0) is 15.0. The van der Waals surface area contributed by atoms with Crippen LogP contribution in [-0.4, -0.2) is 21.1 Å². The van der Waals surface area contributed by atoms with E-state index in [9.17, 15) is 9.59 Å². The smallest absolute Gasteiger partial charge is 0.254 e. The third-order valence-electron chi connectivity index (χ3n) is 3.99. The third-order valence-corrected chi connectivity index (χ3v) is 3.99. The number of fused-ring (bicyclic) bond motifs is 3. The molecule has 0 spiro atoms. The van der Waals surface area contributed by atoms with Crippen LogP contribution < -0.4 is 0 Å². The van der Waals surface area contributed by atoms with Crippen LogP contribution in [0.25, 0.3) is 11.3 Å². The molecule has 0 amide bonds. The lowest BCUT2D eigenvalue weighted by atomic mass is 9.90. The summed E-state index contributed by atoms with van der Waals surface area (Å²) in [4.78, 5) is 28.8. The van der Waals surface area contributed by atoms with Crippen molar-refractivity contribution >= 4 is 11.6 Å². The van der Waals surface area contributed by atoms with Crippen molar-refractivity contribution in [1.29, 1.82) is 0 Å². The van der Waals surface area contributed by atoms with Crippen LogP contribution in [0.5, 0.6) is 0 Å². The van der Waals surface area contributed by atoms with Crippen LogP contribution in [0, 0.1) is 6.92 Å². The number of rotatable bonds is 4. The third kappa shape index (κ3) is 2.11. The minimum absolute atomic E-state index is 0.313. The molecular formula is C17H18N2O2. The summed E-state index contributed by atoms with van der Waals surface area (Å²) in [6, 6.07) is 7.30. The highest BCUT2D eigenvalue weighted by molar-refractivity contribution is 6.52. The minimum atomic E-state index is -0.485. The van der Waals surface area contributed by atoms with Gasteiger partial charge in [-0.3, -0.25) is 9.59 Å². The highest BCUT2D eigenvalue weighted by Gasteiger charge is 2.34. The number of imidazole rings is 1. The molecular weight excluding hydrogens is 264 g/mol. The number of aromatic nitrogens is 2. The number of unbranched alkanes of at least 4 members (excludes halogenated alkanes) is 2. The maximum absolute atomic E-state index is 12.2. The second kappa shape index (κ2) is 5.28. The first-order valence-electron chi connectivity index (χ1n) is 7.40. The van der Waals surface area contributed by atoms with E-state index in [1.807, 2.05) is 19.1 Å². The summed E-state index contributed by atoms with van der Waals surface area (Å²) in [6.45, 7) is 4.89. The van der Waals surface area contributed by atoms with E-state index in [2.05, 4.69) is 16.5 Å².